The third-order valence-corrected chi connectivity index (χ3v) is 4.59. The molecule has 0 aliphatic rings. The molecule has 0 atom stereocenters. The molecule has 2 aromatic carbocycles. The van der Waals surface area contributed by atoms with E-state index in [1.807, 2.05) is 59.6 Å². The van der Waals surface area contributed by atoms with Gasteiger partial charge in [-0.1, -0.05) is 38.1 Å². The minimum Gasteiger partial charge on any atom is -0.497 e. The van der Waals surface area contributed by atoms with Crippen LogP contribution in [0.5, 0.6) is 5.75 Å². The molecule has 8 nitrogen and oxygen atoms in total. The van der Waals surface area contributed by atoms with E-state index in [4.69, 9.17) is 14.6 Å². The van der Waals surface area contributed by atoms with Crippen LogP contribution in [0.4, 0.5) is 23.7 Å². The highest BCUT2D eigenvalue weighted by Gasteiger charge is 2.38. The highest BCUT2D eigenvalue weighted by Crippen LogP contribution is 2.21. The first-order chi connectivity index (χ1) is 16.5. The first kappa shape index (κ1) is 27.2. The van der Waals surface area contributed by atoms with E-state index in [-0.39, 0.29) is 6.03 Å². The Morgan fingerprint density at radius 1 is 1.14 bits per heavy atom. The van der Waals surface area contributed by atoms with E-state index in [1.165, 1.54) is 0 Å². The number of methoxy groups -OCH3 is 1. The summed E-state index contributed by atoms with van der Waals surface area (Å²) in [6.07, 6.45) is -1.47. The number of nitrogens with zero attached hydrogens (tertiary/aromatic N) is 2. The number of anilines is 1. The number of rotatable bonds is 7. The lowest BCUT2D eigenvalue weighted by molar-refractivity contribution is -0.192. The number of hydrogen-bond donors (Lipinski definition) is 3. The monoisotopic (exact) mass is 492 g/mol. The predicted molar refractivity (Wildman–Crippen MR) is 125 cm³/mol. The Balaban J connectivity index is 0.000000540. The maximum atomic E-state index is 12.9. The summed E-state index contributed by atoms with van der Waals surface area (Å²) in [6, 6.07) is 15.4. The van der Waals surface area contributed by atoms with Gasteiger partial charge in [0.05, 0.1) is 13.3 Å². The number of H-pyrrole nitrogens is 1. The van der Waals surface area contributed by atoms with Crippen LogP contribution >= 0.6 is 0 Å². The number of halogens is 3. The summed E-state index contributed by atoms with van der Waals surface area (Å²) in [5, 5.41) is 16.9. The third-order valence-electron chi connectivity index (χ3n) is 4.59. The van der Waals surface area contributed by atoms with Crippen LogP contribution in [0.25, 0.3) is 11.1 Å². The van der Waals surface area contributed by atoms with Gasteiger partial charge in [0.15, 0.2) is 0 Å². The number of carbonyl (C=O) groups excluding carboxylic acids is 1. The molecule has 2 amide bonds. The second-order valence-corrected chi connectivity index (χ2v) is 7.92. The molecule has 0 spiro atoms. The number of urea groups is 1. The van der Waals surface area contributed by atoms with Gasteiger partial charge in [-0.05, 0) is 41.3 Å². The van der Waals surface area contributed by atoms with Gasteiger partial charge in [0.25, 0.3) is 0 Å². The molecule has 0 aliphatic heterocycles. The number of amides is 2. The Hall–Kier alpha value is -4.02. The van der Waals surface area contributed by atoms with Crippen molar-refractivity contribution in [3.63, 3.8) is 0 Å². The number of aromatic nitrogens is 2. The van der Waals surface area contributed by atoms with Crippen molar-refractivity contribution in [2.45, 2.75) is 26.6 Å². The molecule has 0 radical (unpaired) electrons. The molecule has 1 heterocycles. The van der Waals surface area contributed by atoms with Crippen LogP contribution in [0.3, 0.4) is 0 Å². The maximum Gasteiger partial charge on any atom is 0.490 e. The van der Waals surface area contributed by atoms with Crippen molar-refractivity contribution in [1.82, 2.24) is 15.1 Å². The molecule has 0 unspecified atom stereocenters. The number of aliphatic carboxylic acids is 1. The standard InChI is InChI=1S/C22H26N4O2.C2HF3O2/c1-16(2)14-26(15-17-5-4-6-21(11-17)28-3)22(27)25-20-9-7-18(8-10-20)19-12-23-24-13-19;3-2(4,5)1(6)7/h4-13,16H,14-15H2,1-3H3,(H,23,24)(H,25,27);(H,6,7). The Kier molecular flexibility index (Phi) is 9.68. The highest BCUT2D eigenvalue weighted by atomic mass is 19.4. The van der Waals surface area contributed by atoms with E-state index < -0.39 is 12.1 Å². The van der Waals surface area contributed by atoms with Crippen molar-refractivity contribution >= 4 is 17.7 Å². The zero-order valence-corrected chi connectivity index (χ0v) is 19.5. The van der Waals surface area contributed by atoms with E-state index in [9.17, 15) is 18.0 Å². The largest absolute Gasteiger partial charge is 0.497 e. The van der Waals surface area contributed by atoms with Crippen LogP contribution in [0.2, 0.25) is 0 Å². The van der Waals surface area contributed by atoms with Crippen molar-refractivity contribution in [3.05, 3.63) is 66.5 Å². The van der Waals surface area contributed by atoms with Gasteiger partial charge in [-0.15, -0.1) is 0 Å². The number of carboxylic acids is 1. The quantitative estimate of drug-likeness (QED) is 0.409. The zero-order chi connectivity index (χ0) is 26.0. The Labute approximate surface area is 200 Å². The molecule has 3 N–H and O–H groups in total. The van der Waals surface area contributed by atoms with Gasteiger partial charge in [-0.2, -0.15) is 18.3 Å². The summed E-state index contributed by atoms with van der Waals surface area (Å²) in [4.78, 5) is 23.6. The number of hydrogen-bond acceptors (Lipinski definition) is 4. The van der Waals surface area contributed by atoms with E-state index in [0.717, 1.165) is 28.1 Å². The fourth-order valence-electron chi connectivity index (χ4n) is 3.01. The second-order valence-electron chi connectivity index (χ2n) is 7.92. The molecule has 35 heavy (non-hydrogen) atoms. The minimum atomic E-state index is -5.08. The normalized spacial score (nSPS) is 10.8. The van der Waals surface area contributed by atoms with Crippen molar-refractivity contribution in [2.75, 3.05) is 19.0 Å². The molecule has 0 bridgehead atoms. The topological polar surface area (TPSA) is 108 Å². The molecular weight excluding hydrogens is 465 g/mol. The van der Waals surface area contributed by atoms with Crippen molar-refractivity contribution < 1.29 is 32.6 Å². The van der Waals surface area contributed by atoms with Gasteiger partial charge in [-0.3, -0.25) is 5.10 Å². The van der Waals surface area contributed by atoms with Gasteiger partial charge >= 0.3 is 18.2 Å². The number of aromatic amines is 1. The molecule has 0 aliphatic carbocycles. The lowest BCUT2D eigenvalue weighted by Crippen LogP contribution is -2.37. The minimum absolute atomic E-state index is 0.118. The Bertz CT molecular complexity index is 1080. The van der Waals surface area contributed by atoms with Crippen LogP contribution in [-0.2, 0) is 11.3 Å². The van der Waals surface area contributed by atoms with Crippen LogP contribution in [0, 0.1) is 5.92 Å². The number of benzene rings is 2. The molecule has 0 saturated heterocycles. The zero-order valence-electron chi connectivity index (χ0n) is 19.5. The highest BCUT2D eigenvalue weighted by molar-refractivity contribution is 5.89. The van der Waals surface area contributed by atoms with Crippen LogP contribution in [0.1, 0.15) is 19.4 Å². The molecule has 0 fully saturated rings. The SMILES string of the molecule is COc1cccc(CN(CC(C)C)C(=O)Nc2ccc(-c3cn[nH]c3)cc2)c1.O=C(O)C(F)(F)F. The predicted octanol–water partition coefficient (Wildman–Crippen LogP) is 5.41. The number of alkyl halides is 3. The van der Waals surface area contributed by atoms with E-state index in [1.54, 1.807) is 13.3 Å². The second kappa shape index (κ2) is 12.4. The average molecular weight is 492 g/mol. The molecule has 188 valence electrons. The summed E-state index contributed by atoms with van der Waals surface area (Å²) < 4.78 is 37.0. The summed E-state index contributed by atoms with van der Waals surface area (Å²) in [6.45, 7) is 5.39. The fraction of sp³-hybridized carbons (Fsp3) is 0.292. The molecule has 11 heteroatoms. The third kappa shape index (κ3) is 9.03. The first-order valence-electron chi connectivity index (χ1n) is 10.6. The van der Waals surface area contributed by atoms with Crippen LogP contribution in [0.15, 0.2) is 60.9 Å². The molecule has 3 aromatic rings. The van der Waals surface area contributed by atoms with E-state index in [2.05, 4.69) is 29.4 Å². The van der Waals surface area contributed by atoms with E-state index >= 15 is 0 Å². The summed E-state index contributed by atoms with van der Waals surface area (Å²) >= 11 is 0. The van der Waals surface area contributed by atoms with Crippen molar-refractivity contribution in [3.8, 4) is 16.9 Å². The first-order valence-corrected chi connectivity index (χ1v) is 10.6. The lowest BCUT2D eigenvalue weighted by Gasteiger charge is -2.25. The average Bonchev–Trinajstić information content (AvgIpc) is 3.34. The molecular formula is C24H27F3N4O4. The van der Waals surface area contributed by atoms with Crippen molar-refractivity contribution in [1.29, 1.82) is 0 Å². The number of ether oxygens (including phenoxy) is 1. The van der Waals surface area contributed by atoms with E-state index in [0.29, 0.717) is 19.0 Å². The Morgan fingerprint density at radius 2 is 1.80 bits per heavy atom. The Morgan fingerprint density at radius 3 is 2.31 bits per heavy atom. The number of nitrogens with one attached hydrogen (secondary N) is 2. The fourth-order valence-corrected chi connectivity index (χ4v) is 3.01. The van der Waals surface area contributed by atoms with Gasteiger partial charge < -0.3 is 20.1 Å². The van der Waals surface area contributed by atoms with Gasteiger partial charge in [0, 0.05) is 30.5 Å². The molecule has 3 rings (SSSR count). The summed E-state index contributed by atoms with van der Waals surface area (Å²) in [7, 11) is 1.64. The molecule has 0 saturated carbocycles. The molecule has 1 aromatic heterocycles. The smallest absolute Gasteiger partial charge is 0.490 e. The summed E-state index contributed by atoms with van der Waals surface area (Å²) in [5.74, 6) is -1.61. The van der Waals surface area contributed by atoms with Gasteiger partial charge in [0.1, 0.15) is 5.75 Å². The van der Waals surface area contributed by atoms with Crippen LogP contribution < -0.4 is 10.1 Å². The van der Waals surface area contributed by atoms with Crippen LogP contribution in [-0.4, -0.2) is 52.0 Å². The summed E-state index contributed by atoms with van der Waals surface area (Å²) in [5.41, 5.74) is 3.85. The number of carboxylic acid groups (broad SMARTS) is 1. The lowest BCUT2D eigenvalue weighted by atomic mass is 10.1. The van der Waals surface area contributed by atoms with Crippen molar-refractivity contribution in [2.24, 2.45) is 5.92 Å². The van der Waals surface area contributed by atoms with Gasteiger partial charge in [0.2, 0.25) is 0 Å². The maximum absolute atomic E-state index is 12.9. The van der Waals surface area contributed by atoms with Gasteiger partial charge in [-0.25, -0.2) is 9.59 Å². The number of carbonyl (C=O) groups is 2.